The Hall–Kier alpha value is -1.38. The fraction of sp³-hybridized carbons (Fsp3) is 0.769. The van der Waals surface area contributed by atoms with Gasteiger partial charge >= 0.3 is 212 Å². The summed E-state index contributed by atoms with van der Waals surface area (Å²) in [5.41, 5.74) is -1.55. The molecule has 194 valence electrons. The summed E-state index contributed by atoms with van der Waals surface area (Å²) in [4.78, 5) is 35.7. The number of carbonyl (C=O) groups excluding carboxylic acids is 2. The number of unbranched alkanes of at least 4 members (excludes halogenated alkanes) is 3. The molecule has 0 aliphatic carbocycles. The standard InChI is InChI=1S/C14H20N3O4.3C4H9.Sn/c1-13(2,3)20-11(18)17(10-15-8-7-9-16-10)12(19)21-14(4,5)6;3*1-3-4-2;/h8-9H,1-6H3;3*1,3-4H2,2H3;. The Labute approximate surface area is 211 Å². The quantitative estimate of drug-likeness (QED) is 0.256. The average Bonchev–Trinajstić information content (AvgIpc) is 2.71. The number of aromatic nitrogens is 2. The van der Waals surface area contributed by atoms with Gasteiger partial charge in [0.25, 0.3) is 0 Å². The predicted octanol–water partition coefficient (Wildman–Crippen LogP) is 7.21. The number of carbonyl (C=O) groups is 2. The molecular weight excluding hydrogens is 537 g/mol. The maximum atomic E-state index is 12.9. The molecule has 0 bridgehead atoms. The molecule has 1 heterocycles. The Morgan fingerprint density at radius 1 is 0.765 bits per heavy atom. The van der Waals surface area contributed by atoms with Gasteiger partial charge in [0, 0.05) is 0 Å². The van der Waals surface area contributed by atoms with Crippen molar-refractivity contribution in [2.75, 3.05) is 4.90 Å². The monoisotopic (exact) mass is 585 g/mol. The number of hydrogen-bond donors (Lipinski definition) is 0. The minimum absolute atomic E-state index is 0.00564. The third kappa shape index (κ3) is 10.1. The van der Waals surface area contributed by atoms with Gasteiger partial charge in [-0.15, -0.1) is 0 Å². The van der Waals surface area contributed by atoms with E-state index in [1.807, 2.05) is 12.4 Å². The fourth-order valence-electron chi connectivity index (χ4n) is 3.92. The van der Waals surface area contributed by atoms with Gasteiger partial charge in [0.15, 0.2) is 0 Å². The molecule has 1 aromatic heterocycles. The van der Waals surface area contributed by atoms with Crippen molar-refractivity contribution < 1.29 is 19.1 Å². The van der Waals surface area contributed by atoms with E-state index in [-0.39, 0.29) is 5.95 Å². The zero-order valence-corrected chi connectivity index (χ0v) is 25.8. The molecule has 1 aromatic rings. The number of nitrogens with zero attached hydrogens (tertiary/aromatic N) is 3. The second-order valence-corrected chi connectivity index (χ2v) is 24.4. The Balaban J connectivity index is 3.41. The number of rotatable bonds is 11. The average molecular weight is 584 g/mol. The number of anilines is 1. The van der Waals surface area contributed by atoms with E-state index >= 15 is 0 Å². The van der Waals surface area contributed by atoms with E-state index in [0.29, 0.717) is 0 Å². The molecule has 0 saturated heterocycles. The van der Waals surface area contributed by atoms with Crippen LogP contribution in [0.5, 0.6) is 0 Å². The Kier molecular flexibility index (Phi) is 12.3. The van der Waals surface area contributed by atoms with E-state index in [4.69, 9.17) is 9.47 Å². The molecule has 7 nitrogen and oxygen atoms in total. The summed E-state index contributed by atoms with van der Waals surface area (Å²) in [7, 11) is 0. The van der Waals surface area contributed by atoms with Crippen LogP contribution in [0.3, 0.4) is 0 Å². The number of imide groups is 1. The fourth-order valence-corrected chi connectivity index (χ4v) is 19.3. The van der Waals surface area contributed by atoms with Crippen molar-refractivity contribution in [2.24, 2.45) is 0 Å². The summed E-state index contributed by atoms with van der Waals surface area (Å²) in [6.07, 6.45) is 9.30. The molecule has 34 heavy (non-hydrogen) atoms. The molecule has 0 saturated carbocycles. The normalized spacial score (nSPS) is 12.4. The number of hydrogen-bond acceptors (Lipinski definition) is 6. The van der Waals surface area contributed by atoms with Gasteiger partial charge < -0.3 is 0 Å². The molecule has 0 radical (unpaired) electrons. The van der Waals surface area contributed by atoms with Crippen LogP contribution >= 0.6 is 0 Å². The van der Waals surface area contributed by atoms with Gasteiger partial charge in [0.1, 0.15) is 0 Å². The molecule has 0 N–H and O–H groups in total. The molecule has 0 atom stereocenters. The molecule has 0 aliphatic rings. The van der Waals surface area contributed by atoms with Gasteiger partial charge in [-0.25, -0.2) is 0 Å². The van der Waals surface area contributed by atoms with Crippen LogP contribution in [-0.2, 0) is 9.47 Å². The van der Waals surface area contributed by atoms with Crippen LogP contribution in [0.25, 0.3) is 0 Å². The van der Waals surface area contributed by atoms with Gasteiger partial charge in [-0.2, -0.15) is 0 Å². The van der Waals surface area contributed by atoms with Crippen LogP contribution in [0.4, 0.5) is 15.5 Å². The summed E-state index contributed by atoms with van der Waals surface area (Å²) in [6, 6.07) is 0. The van der Waals surface area contributed by atoms with Crippen LogP contribution in [0.15, 0.2) is 12.4 Å². The Morgan fingerprint density at radius 3 is 1.41 bits per heavy atom. The third-order valence-corrected chi connectivity index (χ3v) is 21.1. The van der Waals surface area contributed by atoms with Gasteiger partial charge in [-0.3, -0.25) is 0 Å². The molecule has 0 aliphatic heterocycles. The molecule has 0 spiro atoms. The number of ether oxygens (including phenoxy) is 2. The minimum atomic E-state index is -2.72. The van der Waals surface area contributed by atoms with Crippen LogP contribution in [0.2, 0.25) is 13.3 Å². The molecule has 2 amide bonds. The Morgan fingerprint density at radius 2 is 1.12 bits per heavy atom. The van der Waals surface area contributed by atoms with Gasteiger partial charge in [0.2, 0.25) is 0 Å². The first kappa shape index (κ1) is 30.6. The van der Waals surface area contributed by atoms with Crippen molar-refractivity contribution in [1.82, 2.24) is 9.97 Å². The molecule has 8 heteroatoms. The second-order valence-electron chi connectivity index (χ2n) is 11.2. The summed E-state index contributed by atoms with van der Waals surface area (Å²) in [5, 5.41) is 0. The molecule has 0 aromatic carbocycles. The molecule has 1 rings (SSSR count). The second kappa shape index (κ2) is 13.6. The molecule has 0 unspecified atom stereocenters. The number of amides is 2. The summed E-state index contributed by atoms with van der Waals surface area (Å²) in [5.74, 6) is -0.00564. The van der Waals surface area contributed by atoms with Gasteiger partial charge in [0.05, 0.1) is 0 Å². The van der Waals surface area contributed by atoms with E-state index < -0.39 is 41.8 Å². The van der Waals surface area contributed by atoms with Crippen molar-refractivity contribution in [3.05, 3.63) is 12.4 Å². The predicted molar refractivity (Wildman–Crippen MR) is 142 cm³/mol. The zero-order valence-electron chi connectivity index (χ0n) is 23.0. The first-order chi connectivity index (χ1) is 15.8. The maximum absolute atomic E-state index is 12.9. The summed E-state index contributed by atoms with van der Waals surface area (Å²) in [6.45, 7) is 17.2. The third-order valence-electron chi connectivity index (χ3n) is 5.63. The van der Waals surface area contributed by atoms with E-state index in [0.717, 1.165) is 4.90 Å². The summed E-state index contributed by atoms with van der Waals surface area (Å²) >= 11 is -2.72. The SMILES string of the molecule is CCC[CH2][Sn]([CH2]CCC)([CH2]CCC)[c]1cnc(N(C(=O)OC(C)(C)C)C(=O)OC(C)(C)C)nc1. The van der Waals surface area contributed by atoms with Gasteiger partial charge in [-0.1, -0.05) is 0 Å². The van der Waals surface area contributed by atoms with Crippen molar-refractivity contribution in [3.8, 4) is 0 Å². The summed E-state index contributed by atoms with van der Waals surface area (Å²) < 4.78 is 16.1. The van der Waals surface area contributed by atoms with E-state index in [1.54, 1.807) is 41.5 Å². The molecule has 0 fully saturated rings. The first-order valence-electron chi connectivity index (χ1n) is 12.9. The van der Waals surface area contributed by atoms with Crippen LogP contribution < -0.4 is 8.48 Å². The molecular formula is C26H47N3O4Sn. The van der Waals surface area contributed by atoms with Crippen molar-refractivity contribution in [2.45, 2.75) is 125 Å². The van der Waals surface area contributed by atoms with Crippen LogP contribution in [0.1, 0.15) is 101 Å². The Bertz CT molecular complexity index is 720. The van der Waals surface area contributed by atoms with Gasteiger partial charge in [-0.05, 0) is 0 Å². The topological polar surface area (TPSA) is 81.6 Å². The van der Waals surface area contributed by atoms with Crippen LogP contribution in [-0.4, -0.2) is 51.7 Å². The van der Waals surface area contributed by atoms with Crippen LogP contribution in [0, 0.1) is 0 Å². The van der Waals surface area contributed by atoms with Crippen molar-refractivity contribution in [1.29, 1.82) is 0 Å². The van der Waals surface area contributed by atoms with Crippen molar-refractivity contribution in [3.63, 3.8) is 0 Å². The first-order valence-corrected chi connectivity index (χ1v) is 20.4. The van der Waals surface area contributed by atoms with Crippen molar-refractivity contribution >= 4 is 40.1 Å². The zero-order chi connectivity index (χ0) is 26.0. The van der Waals surface area contributed by atoms with E-state index in [9.17, 15) is 9.59 Å². The van der Waals surface area contributed by atoms with E-state index in [1.165, 1.54) is 55.4 Å². The van der Waals surface area contributed by atoms with E-state index in [2.05, 4.69) is 30.7 Å².